The van der Waals surface area contributed by atoms with Gasteiger partial charge >= 0.3 is 5.97 Å². The molecule has 1 heterocycles. The Kier molecular flexibility index (Phi) is 9.29. The number of aromatic nitrogens is 2. The summed E-state index contributed by atoms with van der Waals surface area (Å²) in [6.45, 7) is 8.77. The predicted octanol–water partition coefficient (Wildman–Crippen LogP) is 0.641. The Bertz CT molecular complexity index is 630. The van der Waals surface area contributed by atoms with Crippen molar-refractivity contribution in [3.63, 3.8) is 0 Å². The van der Waals surface area contributed by atoms with E-state index in [9.17, 15) is 14.4 Å². The predicted molar refractivity (Wildman–Crippen MR) is 99.9 cm³/mol. The molecule has 0 saturated carbocycles. The summed E-state index contributed by atoms with van der Waals surface area (Å²) in [4.78, 5) is 35.6. The number of carbonyl (C=O) groups excluding carboxylic acids is 3. The van der Waals surface area contributed by atoms with Crippen LogP contribution in [0.4, 0.5) is 5.69 Å². The minimum Gasteiger partial charge on any atom is -0.464 e. The normalized spacial score (nSPS) is 12.1. The zero-order chi connectivity index (χ0) is 19.2. The van der Waals surface area contributed by atoms with Gasteiger partial charge in [0.1, 0.15) is 0 Å². The van der Waals surface area contributed by atoms with Crippen LogP contribution in [0.15, 0.2) is 12.4 Å². The Morgan fingerprint density at radius 3 is 2.50 bits per heavy atom. The van der Waals surface area contributed by atoms with Crippen LogP contribution in [0.1, 0.15) is 34.6 Å². The quantitative estimate of drug-likeness (QED) is 0.559. The van der Waals surface area contributed by atoms with Crippen molar-refractivity contribution in [3.8, 4) is 0 Å². The second-order valence-electron chi connectivity index (χ2n) is 6.49. The highest BCUT2D eigenvalue weighted by Crippen LogP contribution is 2.18. The molecule has 1 atom stereocenters. The van der Waals surface area contributed by atoms with E-state index in [2.05, 4.69) is 15.7 Å². The van der Waals surface area contributed by atoms with E-state index in [-0.39, 0.29) is 37.4 Å². The maximum Gasteiger partial charge on any atom is 0.333 e. The van der Waals surface area contributed by atoms with Gasteiger partial charge in [-0.3, -0.25) is 14.3 Å². The molecule has 0 aliphatic carbocycles. The first-order valence-electron chi connectivity index (χ1n) is 8.15. The van der Waals surface area contributed by atoms with Crippen molar-refractivity contribution in [2.45, 2.75) is 46.2 Å². The number of rotatable bonds is 8. The van der Waals surface area contributed by atoms with Gasteiger partial charge in [-0.1, -0.05) is 13.8 Å². The maximum absolute atomic E-state index is 12.0. The van der Waals surface area contributed by atoms with E-state index in [1.807, 2.05) is 13.8 Å². The summed E-state index contributed by atoms with van der Waals surface area (Å²) >= 11 is 0. The largest absolute Gasteiger partial charge is 0.464 e. The number of ether oxygens (including phenoxy) is 1. The van der Waals surface area contributed by atoms with Crippen LogP contribution in [0.25, 0.3) is 0 Å². The van der Waals surface area contributed by atoms with E-state index in [1.165, 1.54) is 17.1 Å². The van der Waals surface area contributed by atoms with E-state index >= 15 is 0 Å². The number of nitrogens with two attached hydrogens (primary N) is 1. The highest BCUT2D eigenvalue weighted by molar-refractivity contribution is 5.95. The van der Waals surface area contributed by atoms with Gasteiger partial charge in [-0.05, 0) is 26.7 Å². The van der Waals surface area contributed by atoms with Crippen LogP contribution in [0.3, 0.4) is 0 Å². The molecular formula is C16H28ClN5O4. The van der Waals surface area contributed by atoms with Gasteiger partial charge in [0.15, 0.2) is 5.54 Å². The molecule has 0 aliphatic rings. The lowest BCUT2D eigenvalue weighted by Gasteiger charge is -2.22. The fourth-order valence-corrected chi connectivity index (χ4v) is 1.89. The smallest absolute Gasteiger partial charge is 0.333 e. The third-order valence-corrected chi connectivity index (χ3v) is 3.66. The molecule has 0 aliphatic heterocycles. The number of halogens is 1. The Morgan fingerprint density at radius 1 is 1.35 bits per heavy atom. The first-order valence-corrected chi connectivity index (χ1v) is 8.15. The zero-order valence-electron chi connectivity index (χ0n) is 15.7. The van der Waals surface area contributed by atoms with Crippen LogP contribution >= 0.6 is 12.4 Å². The third kappa shape index (κ3) is 6.30. The highest BCUT2D eigenvalue weighted by atomic mass is 35.5. The van der Waals surface area contributed by atoms with Crippen molar-refractivity contribution in [1.29, 1.82) is 0 Å². The number of hydrogen-bond acceptors (Lipinski definition) is 6. The molecule has 0 aromatic carbocycles. The summed E-state index contributed by atoms with van der Waals surface area (Å²) in [6.07, 6.45) is 2.94. The van der Waals surface area contributed by atoms with E-state index < -0.39 is 23.5 Å². The number of hydrogen-bond donors (Lipinski definition) is 3. The molecule has 0 fully saturated rings. The van der Waals surface area contributed by atoms with E-state index in [1.54, 1.807) is 20.8 Å². The average molecular weight is 390 g/mol. The Balaban J connectivity index is 0.00000625. The molecule has 2 amide bonds. The van der Waals surface area contributed by atoms with Gasteiger partial charge in [-0.25, -0.2) is 4.79 Å². The van der Waals surface area contributed by atoms with Gasteiger partial charge in [-0.2, -0.15) is 5.10 Å². The fourth-order valence-electron chi connectivity index (χ4n) is 1.89. The second kappa shape index (κ2) is 10.1. The maximum atomic E-state index is 12.0. The summed E-state index contributed by atoms with van der Waals surface area (Å²) < 4.78 is 6.42. The minimum absolute atomic E-state index is 0. The molecule has 26 heavy (non-hydrogen) atoms. The molecule has 0 saturated heterocycles. The van der Waals surface area contributed by atoms with Crippen LogP contribution in [-0.4, -0.2) is 46.8 Å². The number of esters is 1. The molecular weight excluding hydrogens is 362 g/mol. The standard InChI is InChI=1S/C16H27N5O4.ClH/c1-6-25-15(24)16(4,5)21-9-11(7-19-21)20-12(22)8-18-14(23)13(17)10(2)3;/h7,9-10,13H,6,8,17H2,1-5H3,(H,18,23)(H,20,22);1H/t13-;/m0./s1. The SMILES string of the molecule is CCOC(=O)C(C)(C)n1cc(NC(=O)CNC(=O)[C@@H](N)C(C)C)cn1.Cl. The van der Waals surface area contributed by atoms with E-state index in [0.29, 0.717) is 5.69 Å². The Hall–Kier alpha value is -2.13. The molecule has 0 bridgehead atoms. The number of nitrogens with zero attached hydrogens (tertiary/aromatic N) is 2. The molecule has 9 nitrogen and oxygen atoms in total. The first kappa shape index (κ1) is 23.9. The molecule has 0 radical (unpaired) electrons. The molecule has 4 N–H and O–H groups in total. The first-order chi connectivity index (χ1) is 11.6. The van der Waals surface area contributed by atoms with Gasteiger partial charge < -0.3 is 21.1 Å². The summed E-state index contributed by atoms with van der Waals surface area (Å²) in [6, 6.07) is -0.666. The molecule has 0 unspecified atom stereocenters. The topological polar surface area (TPSA) is 128 Å². The molecule has 1 rings (SSSR count). The van der Waals surface area contributed by atoms with E-state index in [4.69, 9.17) is 10.5 Å². The van der Waals surface area contributed by atoms with Crippen LogP contribution in [0, 0.1) is 5.92 Å². The summed E-state index contributed by atoms with van der Waals surface area (Å²) in [7, 11) is 0. The van der Waals surface area contributed by atoms with Crippen LogP contribution < -0.4 is 16.4 Å². The number of anilines is 1. The third-order valence-electron chi connectivity index (χ3n) is 3.66. The van der Waals surface area contributed by atoms with Gasteiger partial charge in [0.25, 0.3) is 0 Å². The lowest BCUT2D eigenvalue weighted by atomic mass is 10.1. The van der Waals surface area contributed by atoms with Crippen molar-refractivity contribution in [3.05, 3.63) is 12.4 Å². The monoisotopic (exact) mass is 389 g/mol. The van der Waals surface area contributed by atoms with Gasteiger partial charge in [0, 0.05) is 6.20 Å². The average Bonchev–Trinajstić information content (AvgIpc) is 3.01. The Labute approximate surface area is 159 Å². The van der Waals surface area contributed by atoms with E-state index in [0.717, 1.165) is 0 Å². The van der Waals surface area contributed by atoms with Crippen molar-refractivity contribution in [1.82, 2.24) is 15.1 Å². The highest BCUT2D eigenvalue weighted by Gasteiger charge is 2.32. The summed E-state index contributed by atoms with van der Waals surface area (Å²) in [5.74, 6) is -1.25. The number of amides is 2. The van der Waals surface area contributed by atoms with Crippen LogP contribution in [0.2, 0.25) is 0 Å². The second-order valence-corrected chi connectivity index (χ2v) is 6.49. The summed E-state index contributed by atoms with van der Waals surface area (Å²) in [5, 5.41) is 9.16. The van der Waals surface area contributed by atoms with Crippen molar-refractivity contribution in [2.24, 2.45) is 11.7 Å². The van der Waals surface area contributed by atoms with Crippen LogP contribution in [-0.2, 0) is 24.7 Å². The van der Waals surface area contributed by atoms with Gasteiger partial charge in [0.2, 0.25) is 11.8 Å². The van der Waals surface area contributed by atoms with Gasteiger partial charge in [-0.15, -0.1) is 12.4 Å². The van der Waals surface area contributed by atoms with Crippen LogP contribution in [0.5, 0.6) is 0 Å². The minimum atomic E-state index is -1.00. The van der Waals surface area contributed by atoms with Crippen molar-refractivity contribution in [2.75, 3.05) is 18.5 Å². The summed E-state index contributed by atoms with van der Waals surface area (Å²) in [5.41, 5.74) is 5.11. The zero-order valence-corrected chi connectivity index (χ0v) is 16.6. The lowest BCUT2D eigenvalue weighted by Crippen LogP contribution is -2.46. The lowest BCUT2D eigenvalue weighted by molar-refractivity contribution is -0.152. The molecule has 148 valence electrons. The number of nitrogens with one attached hydrogen (secondary N) is 2. The van der Waals surface area contributed by atoms with Crippen molar-refractivity contribution >= 4 is 35.9 Å². The molecule has 10 heteroatoms. The van der Waals surface area contributed by atoms with Gasteiger partial charge in [0.05, 0.1) is 31.1 Å². The van der Waals surface area contributed by atoms with Crippen molar-refractivity contribution < 1.29 is 19.1 Å². The fraction of sp³-hybridized carbons (Fsp3) is 0.625. The number of carbonyl (C=O) groups is 3. The molecule has 1 aromatic rings. The molecule has 0 spiro atoms. The Morgan fingerprint density at radius 2 is 1.96 bits per heavy atom. The molecule has 1 aromatic heterocycles.